The second kappa shape index (κ2) is 8.71. The minimum atomic E-state index is -4.03. The number of hydrogen-bond donors (Lipinski definition) is 3. The van der Waals surface area contributed by atoms with Gasteiger partial charge in [0.25, 0.3) is 15.9 Å². The van der Waals surface area contributed by atoms with Gasteiger partial charge in [0.05, 0.1) is 0 Å². The molecule has 0 saturated heterocycles. The molecular weight excluding hydrogens is 400 g/mol. The Hall–Kier alpha value is -3.13. The Labute approximate surface area is 177 Å². The molecule has 7 nitrogen and oxygen atoms in total. The Morgan fingerprint density at radius 2 is 1.67 bits per heavy atom. The van der Waals surface area contributed by atoms with Crippen LogP contribution in [0, 0.1) is 13.8 Å². The Bertz CT molecular complexity index is 1130. The van der Waals surface area contributed by atoms with Crippen molar-refractivity contribution in [3.63, 3.8) is 0 Å². The number of rotatable bonds is 7. The van der Waals surface area contributed by atoms with E-state index in [2.05, 4.69) is 34.1 Å². The number of sulfonamides is 1. The molecule has 0 saturated carbocycles. The van der Waals surface area contributed by atoms with Crippen molar-refractivity contribution < 1.29 is 13.2 Å². The van der Waals surface area contributed by atoms with E-state index in [1.54, 1.807) is 31.2 Å². The molecule has 3 aromatic rings. The smallest absolute Gasteiger partial charge is 0.282 e. The minimum absolute atomic E-state index is 0.00779. The van der Waals surface area contributed by atoms with Crippen molar-refractivity contribution in [1.82, 2.24) is 15.5 Å². The van der Waals surface area contributed by atoms with E-state index in [9.17, 15) is 13.2 Å². The number of aryl methyl sites for hydroxylation is 2. The van der Waals surface area contributed by atoms with Gasteiger partial charge in [-0.2, -0.15) is 13.5 Å². The molecule has 1 amide bonds. The minimum Gasteiger partial charge on any atom is -0.348 e. The van der Waals surface area contributed by atoms with Gasteiger partial charge in [-0.3, -0.25) is 14.6 Å². The molecule has 3 N–H and O–H groups in total. The van der Waals surface area contributed by atoms with Crippen molar-refractivity contribution in [3.05, 3.63) is 76.5 Å². The van der Waals surface area contributed by atoms with E-state index in [0.717, 1.165) is 11.1 Å². The Morgan fingerprint density at radius 3 is 2.27 bits per heavy atom. The maximum Gasteiger partial charge on any atom is 0.282 e. The van der Waals surface area contributed by atoms with Crippen molar-refractivity contribution in [2.75, 3.05) is 4.72 Å². The van der Waals surface area contributed by atoms with Crippen LogP contribution in [0.5, 0.6) is 0 Å². The molecular formula is C22H26N4O3S. The van der Waals surface area contributed by atoms with Crippen molar-refractivity contribution in [2.45, 2.75) is 45.2 Å². The van der Waals surface area contributed by atoms with Crippen LogP contribution in [0.2, 0.25) is 0 Å². The number of nitrogens with zero attached hydrogens (tertiary/aromatic N) is 1. The summed E-state index contributed by atoms with van der Waals surface area (Å²) in [7, 11) is -4.03. The first-order valence-electron chi connectivity index (χ1n) is 9.69. The highest BCUT2D eigenvalue weighted by atomic mass is 32.2. The summed E-state index contributed by atoms with van der Waals surface area (Å²) in [6, 6.07) is 14.9. The van der Waals surface area contributed by atoms with Gasteiger partial charge in [0.2, 0.25) is 5.03 Å². The van der Waals surface area contributed by atoms with Gasteiger partial charge in [0, 0.05) is 17.9 Å². The summed E-state index contributed by atoms with van der Waals surface area (Å²) in [5.41, 5.74) is 3.94. The van der Waals surface area contributed by atoms with Crippen LogP contribution in [0.1, 0.15) is 52.5 Å². The maximum atomic E-state index is 12.8. The molecule has 0 fully saturated rings. The molecule has 0 unspecified atom stereocenters. The van der Waals surface area contributed by atoms with E-state index in [1.165, 1.54) is 5.56 Å². The second-order valence-corrected chi connectivity index (χ2v) is 9.18. The van der Waals surface area contributed by atoms with Crippen LogP contribution in [-0.4, -0.2) is 24.5 Å². The number of benzene rings is 2. The number of amides is 1. The summed E-state index contributed by atoms with van der Waals surface area (Å²) in [6.45, 7) is 8.04. The molecule has 1 aromatic heterocycles. The van der Waals surface area contributed by atoms with Gasteiger partial charge in [0.1, 0.15) is 5.56 Å². The average Bonchev–Trinajstić information content (AvgIpc) is 3.10. The number of carbonyl (C=O) groups excluding carboxylic acids is 1. The molecule has 0 aliphatic carbocycles. The van der Waals surface area contributed by atoms with Crippen LogP contribution >= 0.6 is 0 Å². The number of H-pyrrole nitrogens is 1. The molecule has 2 aromatic carbocycles. The summed E-state index contributed by atoms with van der Waals surface area (Å²) in [5.74, 6) is -0.0746. The van der Waals surface area contributed by atoms with Crippen LogP contribution < -0.4 is 10.0 Å². The highest BCUT2D eigenvalue weighted by Gasteiger charge is 2.28. The number of carbonyl (C=O) groups is 1. The third-order valence-corrected chi connectivity index (χ3v) is 6.11. The van der Waals surface area contributed by atoms with Crippen LogP contribution in [0.4, 0.5) is 5.69 Å². The summed E-state index contributed by atoms with van der Waals surface area (Å²) in [5, 5.41) is 8.94. The molecule has 0 radical (unpaired) electrons. The molecule has 8 heteroatoms. The number of hydrogen-bond acceptors (Lipinski definition) is 4. The van der Waals surface area contributed by atoms with Crippen LogP contribution in [-0.2, 0) is 16.6 Å². The topological polar surface area (TPSA) is 104 Å². The molecule has 0 bridgehead atoms. The molecule has 1 heterocycles. The second-order valence-electron chi connectivity index (χ2n) is 7.58. The fraction of sp³-hybridized carbons (Fsp3) is 0.273. The van der Waals surface area contributed by atoms with E-state index < -0.39 is 15.9 Å². The zero-order valence-corrected chi connectivity index (χ0v) is 18.3. The SMILES string of the molecule is Cc1ccc(NS(=O)(=O)c2n[nH]c(C)c2C(=O)NCc2ccc(C(C)C)cc2)cc1. The summed E-state index contributed by atoms with van der Waals surface area (Å²) >= 11 is 0. The first-order valence-corrected chi connectivity index (χ1v) is 11.2. The van der Waals surface area contributed by atoms with E-state index >= 15 is 0 Å². The van der Waals surface area contributed by atoms with Crippen LogP contribution in [0.25, 0.3) is 0 Å². The van der Waals surface area contributed by atoms with Gasteiger partial charge >= 0.3 is 0 Å². The van der Waals surface area contributed by atoms with E-state index in [1.807, 2.05) is 31.2 Å². The highest BCUT2D eigenvalue weighted by Crippen LogP contribution is 2.21. The molecule has 0 atom stereocenters. The van der Waals surface area contributed by atoms with Crippen LogP contribution in [0.3, 0.4) is 0 Å². The van der Waals surface area contributed by atoms with E-state index in [4.69, 9.17) is 0 Å². The molecule has 0 aliphatic heterocycles. The summed E-state index contributed by atoms with van der Waals surface area (Å²) in [6.07, 6.45) is 0. The predicted molar refractivity (Wildman–Crippen MR) is 117 cm³/mol. The number of anilines is 1. The van der Waals surface area contributed by atoms with Crippen molar-refractivity contribution in [2.24, 2.45) is 0 Å². The quantitative estimate of drug-likeness (QED) is 0.533. The van der Waals surface area contributed by atoms with E-state index in [0.29, 0.717) is 17.3 Å². The fourth-order valence-electron chi connectivity index (χ4n) is 2.98. The lowest BCUT2D eigenvalue weighted by Gasteiger charge is -2.10. The monoisotopic (exact) mass is 426 g/mol. The third kappa shape index (κ3) is 4.88. The summed E-state index contributed by atoms with van der Waals surface area (Å²) in [4.78, 5) is 12.8. The van der Waals surface area contributed by atoms with Crippen molar-refractivity contribution in [1.29, 1.82) is 0 Å². The Balaban J connectivity index is 1.77. The average molecular weight is 427 g/mol. The number of aromatic amines is 1. The molecule has 0 spiro atoms. The van der Waals surface area contributed by atoms with Gasteiger partial charge < -0.3 is 5.32 Å². The fourth-order valence-corrected chi connectivity index (χ4v) is 4.21. The molecule has 3 rings (SSSR count). The van der Waals surface area contributed by atoms with Crippen LogP contribution in [0.15, 0.2) is 53.6 Å². The van der Waals surface area contributed by atoms with Gasteiger partial charge in [0.15, 0.2) is 0 Å². The zero-order chi connectivity index (χ0) is 21.9. The highest BCUT2D eigenvalue weighted by molar-refractivity contribution is 7.92. The lowest BCUT2D eigenvalue weighted by molar-refractivity contribution is 0.0947. The van der Waals surface area contributed by atoms with Crippen molar-refractivity contribution >= 4 is 21.6 Å². The molecule has 158 valence electrons. The summed E-state index contributed by atoms with van der Waals surface area (Å²) < 4.78 is 28.1. The van der Waals surface area contributed by atoms with Gasteiger partial charge in [-0.1, -0.05) is 55.8 Å². The first kappa shape index (κ1) is 21.6. The Morgan fingerprint density at radius 1 is 1.03 bits per heavy atom. The lowest BCUT2D eigenvalue weighted by Crippen LogP contribution is -2.26. The number of aromatic nitrogens is 2. The standard InChI is InChI=1S/C22H26N4O3S/c1-14(2)18-9-7-17(8-10-18)13-23-21(27)20-16(4)24-25-22(20)30(28,29)26-19-11-5-15(3)6-12-19/h5-12,14,26H,13H2,1-4H3,(H,23,27)(H,24,25). The third-order valence-electron chi connectivity index (χ3n) is 4.80. The normalized spacial score (nSPS) is 11.5. The Kier molecular flexibility index (Phi) is 6.26. The predicted octanol–water partition coefficient (Wildman–Crippen LogP) is 3.88. The number of nitrogens with one attached hydrogen (secondary N) is 3. The maximum absolute atomic E-state index is 12.8. The lowest BCUT2D eigenvalue weighted by atomic mass is 10.0. The molecule has 30 heavy (non-hydrogen) atoms. The zero-order valence-electron chi connectivity index (χ0n) is 17.5. The van der Waals surface area contributed by atoms with Gasteiger partial charge in [-0.15, -0.1) is 0 Å². The van der Waals surface area contributed by atoms with Gasteiger partial charge in [-0.25, -0.2) is 0 Å². The van der Waals surface area contributed by atoms with Gasteiger partial charge in [-0.05, 0) is 43.0 Å². The first-order chi connectivity index (χ1) is 14.2. The van der Waals surface area contributed by atoms with E-state index in [-0.39, 0.29) is 17.1 Å². The van der Waals surface area contributed by atoms with Crippen molar-refractivity contribution in [3.8, 4) is 0 Å². The molecule has 0 aliphatic rings. The largest absolute Gasteiger partial charge is 0.348 e.